The molecule has 8 heteroatoms. The molecule has 2 unspecified atom stereocenters. The van der Waals surface area contributed by atoms with E-state index in [9.17, 15) is 4.79 Å². The number of nitrogens with zero attached hydrogens (tertiary/aromatic N) is 6. The van der Waals surface area contributed by atoms with E-state index in [1.165, 1.54) is 18.3 Å². The van der Waals surface area contributed by atoms with Crippen LogP contribution in [0, 0.1) is 25.7 Å². The third-order valence-corrected chi connectivity index (χ3v) is 7.39. The monoisotopic (exact) mass is 383 g/mol. The van der Waals surface area contributed by atoms with Gasteiger partial charge in [-0.25, -0.2) is 0 Å². The summed E-state index contributed by atoms with van der Waals surface area (Å²) in [6, 6.07) is 0. The van der Waals surface area contributed by atoms with Crippen LogP contribution in [0.1, 0.15) is 62.4 Å². The first-order valence-electron chi connectivity index (χ1n) is 10.5. The molecule has 2 heterocycles. The SMILES string of the molecule is CCc1c(C)nn(CC(=O)NC23CC4CC(C2)CC(n2ncnn2)(C4)C3)c1C. The molecule has 0 saturated heterocycles. The fourth-order valence-corrected chi connectivity index (χ4v) is 6.85. The van der Waals surface area contributed by atoms with E-state index in [2.05, 4.69) is 39.7 Å². The molecule has 28 heavy (non-hydrogen) atoms. The van der Waals surface area contributed by atoms with Crippen LogP contribution in [0.3, 0.4) is 0 Å². The molecule has 4 saturated carbocycles. The van der Waals surface area contributed by atoms with E-state index in [1.54, 1.807) is 0 Å². The lowest BCUT2D eigenvalue weighted by molar-refractivity contribution is -0.132. The molecule has 0 aromatic carbocycles. The Hall–Kier alpha value is -2.25. The number of hydrogen-bond donors (Lipinski definition) is 1. The smallest absolute Gasteiger partial charge is 0.242 e. The number of nitrogens with one attached hydrogen (secondary N) is 1. The van der Waals surface area contributed by atoms with Crippen LogP contribution in [0.2, 0.25) is 0 Å². The molecule has 4 aliphatic carbocycles. The van der Waals surface area contributed by atoms with E-state index in [-0.39, 0.29) is 17.0 Å². The Morgan fingerprint density at radius 2 is 2.00 bits per heavy atom. The highest BCUT2D eigenvalue weighted by Gasteiger charge is 2.60. The summed E-state index contributed by atoms with van der Waals surface area (Å²) in [5.74, 6) is 1.33. The number of hydrogen-bond acceptors (Lipinski definition) is 5. The number of tetrazole rings is 1. The van der Waals surface area contributed by atoms with E-state index in [0.29, 0.717) is 18.4 Å². The molecular formula is C20H29N7O. The molecule has 1 N–H and O–H groups in total. The zero-order chi connectivity index (χ0) is 19.5. The van der Waals surface area contributed by atoms with Crippen molar-refractivity contribution in [2.75, 3.05) is 0 Å². The van der Waals surface area contributed by atoms with Gasteiger partial charge in [0, 0.05) is 11.2 Å². The standard InChI is InChI=1S/C20H29N7O/c1-4-17-13(2)24-26(14(17)3)10-18(28)23-19-6-15-5-16(7-19)9-20(8-15,11-19)27-22-12-21-25-27/h12,15-16H,4-11H2,1-3H3,(H,23,28). The highest BCUT2D eigenvalue weighted by Crippen LogP contribution is 2.60. The molecule has 0 radical (unpaired) electrons. The number of carbonyl (C=O) groups is 1. The van der Waals surface area contributed by atoms with Crippen molar-refractivity contribution < 1.29 is 4.79 Å². The average Bonchev–Trinajstić information content (AvgIpc) is 3.23. The highest BCUT2D eigenvalue weighted by molar-refractivity contribution is 5.76. The van der Waals surface area contributed by atoms with E-state index in [1.807, 2.05) is 16.4 Å². The van der Waals surface area contributed by atoms with Gasteiger partial charge in [0.2, 0.25) is 5.91 Å². The van der Waals surface area contributed by atoms with E-state index in [0.717, 1.165) is 49.9 Å². The Balaban J connectivity index is 1.37. The van der Waals surface area contributed by atoms with Gasteiger partial charge in [-0.05, 0) is 81.4 Å². The van der Waals surface area contributed by atoms with Crippen LogP contribution in [0.15, 0.2) is 6.33 Å². The summed E-state index contributed by atoms with van der Waals surface area (Å²) in [6.45, 7) is 6.50. The maximum atomic E-state index is 13.0. The van der Waals surface area contributed by atoms with Gasteiger partial charge < -0.3 is 5.32 Å². The second kappa shape index (κ2) is 6.12. The van der Waals surface area contributed by atoms with Crippen LogP contribution in [0.4, 0.5) is 0 Å². The van der Waals surface area contributed by atoms with Crippen LogP contribution in [-0.2, 0) is 23.3 Å². The Morgan fingerprint density at radius 1 is 1.25 bits per heavy atom. The number of aryl methyl sites for hydroxylation is 1. The van der Waals surface area contributed by atoms with Crippen molar-refractivity contribution in [3.05, 3.63) is 23.3 Å². The Kier molecular flexibility index (Phi) is 3.90. The maximum absolute atomic E-state index is 13.0. The Labute approximate surface area is 165 Å². The van der Waals surface area contributed by atoms with Gasteiger partial charge in [0.15, 0.2) is 6.33 Å². The predicted octanol–water partition coefficient (Wildman–Crippen LogP) is 1.91. The number of aromatic nitrogens is 6. The average molecular weight is 384 g/mol. The summed E-state index contributed by atoms with van der Waals surface area (Å²) in [5.41, 5.74) is 3.15. The lowest BCUT2D eigenvalue weighted by Crippen LogP contribution is -2.66. The summed E-state index contributed by atoms with van der Waals surface area (Å²) < 4.78 is 1.86. The second-order valence-corrected chi connectivity index (χ2v) is 9.40. The van der Waals surface area contributed by atoms with E-state index in [4.69, 9.17) is 0 Å². The fraction of sp³-hybridized carbons (Fsp3) is 0.750. The summed E-state index contributed by atoms with van der Waals surface area (Å²) >= 11 is 0. The van der Waals surface area contributed by atoms with Gasteiger partial charge in [0.25, 0.3) is 0 Å². The lowest BCUT2D eigenvalue weighted by atomic mass is 9.50. The first-order chi connectivity index (χ1) is 13.4. The third-order valence-electron chi connectivity index (χ3n) is 7.39. The van der Waals surface area contributed by atoms with Crippen LogP contribution < -0.4 is 5.32 Å². The van der Waals surface area contributed by atoms with Crippen molar-refractivity contribution in [3.63, 3.8) is 0 Å². The fourth-order valence-electron chi connectivity index (χ4n) is 6.85. The minimum atomic E-state index is -0.140. The number of rotatable bonds is 5. The summed E-state index contributed by atoms with van der Waals surface area (Å²) in [6.07, 6.45) is 9.01. The maximum Gasteiger partial charge on any atom is 0.242 e. The molecule has 8 nitrogen and oxygen atoms in total. The molecule has 4 aliphatic rings. The molecule has 4 bridgehead atoms. The zero-order valence-electron chi connectivity index (χ0n) is 17.0. The topological polar surface area (TPSA) is 90.5 Å². The van der Waals surface area contributed by atoms with Crippen molar-refractivity contribution in [1.82, 2.24) is 35.3 Å². The van der Waals surface area contributed by atoms with Crippen LogP contribution in [0.25, 0.3) is 0 Å². The molecular weight excluding hydrogens is 354 g/mol. The molecule has 4 fully saturated rings. The Morgan fingerprint density at radius 3 is 2.61 bits per heavy atom. The van der Waals surface area contributed by atoms with Crippen molar-refractivity contribution in [2.45, 2.75) is 83.3 Å². The predicted molar refractivity (Wildman–Crippen MR) is 102 cm³/mol. The molecule has 2 aromatic heterocycles. The highest BCUT2D eigenvalue weighted by atomic mass is 16.2. The minimum absolute atomic E-state index is 0.0666. The number of amides is 1. The first-order valence-corrected chi connectivity index (χ1v) is 10.5. The summed E-state index contributed by atoms with van der Waals surface area (Å²) in [7, 11) is 0. The van der Waals surface area contributed by atoms with Crippen LogP contribution >= 0.6 is 0 Å². The molecule has 6 rings (SSSR count). The van der Waals surface area contributed by atoms with Crippen molar-refractivity contribution in [2.24, 2.45) is 11.8 Å². The molecule has 2 atom stereocenters. The molecule has 0 aliphatic heterocycles. The van der Waals surface area contributed by atoms with Gasteiger partial charge in [0.05, 0.1) is 11.2 Å². The number of carbonyl (C=O) groups excluding carboxylic acids is 1. The van der Waals surface area contributed by atoms with E-state index < -0.39 is 0 Å². The third kappa shape index (κ3) is 2.68. The largest absolute Gasteiger partial charge is 0.349 e. The van der Waals surface area contributed by atoms with E-state index >= 15 is 0 Å². The van der Waals surface area contributed by atoms with Crippen molar-refractivity contribution in [3.8, 4) is 0 Å². The molecule has 0 spiro atoms. The van der Waals surface area contributed by atoms with Gasteiger partial charge in [-0.2, -0.15) is 9.90 Å². The van der Waals surface area contributed by atoms with Crippen molar-refractivity contribution >= 4 is 5.91 Å². The quantitative estimate of drug-likeness (QED) is 0.852. The lowest BCUT2D eigenvalue weighted by Gasteiger charge is -2.61. The van der Waals surface area contributed by atoms with Crippen LogP contribution in [-0.4, -0.2) is 41.4 Å². The normalized spacial score (nSPS) is 33.4. The van der Waals surface area contributed by atoms with Gasteiger partial charge in [-0.1, -0.05) is 6.92 Å². The Bertz CT molecular complexity index is 886. The summed E-state index contributed by atoms with van der Waals surface area (Å²) in [5, 5.41) is 20.6. The van der Waals surface area contributed by atoms with Gasteiger partial charge in [-0.3, -0.25) is 9.48 Å². The molecule has 150 valence electrons. The van der Waals surface area contributed by atoms with Crippen molar-refractivity contribution in [1.29, 1.82) is 0 Å². The molecule has 2 aromatic rings. The zero-order valence-corrected chi connectivity index (χ0v) is 17.0. The van der Waals surface area contributed by atoms with Gasteiger partial charge >= 0.3 is 0 Å². The van der Waals surface area contributed by atoms with Gasteiger partial charge in [0.1, 0.15) is 6.54 Å². The van der Waals surface area contributed by atoms with Gasteiger partial charge in [-0.15, -0.1) is 10.2 Å². The molecule has 1 amide bonds. The first kappa shape index (κ1) is 17.8. The van der Waals surface area contributed by atoms with Crippen LogP contribution in [0.5, 0.6) is 0 Å². The summed E-state index contributed by atoms with van der Waals surface area (Å²) in [4.78, 5) is 14.9. The minimum Gasteiger partial charge on any atom is -0.349 e. The second-order valence-electron chi connectivity index (χ2n) is 9.40.